The SMILES string of the molecule is C=CCNC(=NCC(=O)N(C)C)N1CCC(COCCOC)C1.I. The number of nitrogens with zero attached hydrogens (tertiary/aromatic N) is 3. The average molecular weight is 454 g/mol. The molecule has 0 aromatic carbocycles. The molecule has 0 bridgehead atoms. The maximum atomic E-state index is 11.7. The fourth-order valence-electron chi connectivity index (χ4n) is 2.27. The summed E-state index contributed by atoms with van der Waals surface area (Å²) in [5, 5.41) is 3.23. The first-order chi connectivity index (χ1) is 11.1. The van der Waals surface area contributed by atoms with Crippen LogP contribution in [0.4, 0.5) is 0 Å². The van der Waals surface area contributed by atoms with Crippen LogP contribution in [0.5, 0.6) is 0 Å². The van der Waals surface area contributed by atoms with Crippen molar-refractivity contribution in [1.29, 1.82) is 0 Å². The van der Waals surface area contributed by atoms with Crippen LogP contribution < -0.4 is 5.32 Å². The number of rotatable bonds is 9. The van der Waals surface area contributed by atoms with E-state index in [1.165, 1.54) is 0 Å². The van der Waals surface area contributed by atoms with Gasteiger partial charge < -0.3 is 24.6 Å². The van der Waals surface area contributed by atoms with Gasteiger partial charge in [-0.3, -0.25) is 4.79 Å². The zero-order chi connectivity index (χ0) is 17.1. The van der Waals surface area contributed by atoms with Crippen molar-refractivity contribution in [3.05, 3.63) is 12.7 Å². The van der Waals surface area contributed by atoms with E-state index in [1.54, 1.807) is 32.2 Å². The molecular formula is C16H31IN4O3. The molecule has 0 aliphatic carbocycles. The van der Waals surface area contributed by atoms with Gasteiger partial charge in [-0.15, -0.1) is 30.6 Å². The third-order valence-electron chi connectivity index (χ3n) is 3.64. The third kappa shape index (κ3) is 8.84. The Morgan fingerprint density at radius 2 is 2.21 bits per heavy atom. The van der Waals surface area contributed by atoms with Gasteiger partial charge in [0.1, 0.15) is 6.54 Å². The predicted octanol–water partition coefficient (Wildman–Crippen LogP) is 0.809. The van der Waals surface area contributed by atoms with Crippen molar-refractivity contribution in [2.45, 2.75) is 6.42 Å². The van der Waals surface area contributed by atoms with Gasteiger partial charge in [0.2, 0.25) is 5.91 Å². The summed E-state index contributed by atoms with van der Waals surface area (Å²) >= 11 is 0. The Kier molecular flexibility index (Phi) is 12.9. The number of likely N-dealkylation sites (N-methyl/N-ethyl adjacent to an activating group) is 1. The monoisotopic (exact) mass is 454 g/mol. The van der Waals surface area contributed by atoms with Crippen LogP contribution in [0.3, 0.4) is 0 Å². The molecule has 0 spiro atoms. The first-order valence-corrected chi connectivity index (χ1v) is 7.99. The normalized spacial score (nSPS) is 17.4. The molecule has 1 rings (SSSR count). The first-order valence-electron chi connectivity index (χ1n) is 7.99. The molecule has 1 heterocycles. The summed E-state index contributed by atoms with van der Waals surface area (Å²) in [4.78, 5) is 19.9. The molecule has 1 atom stereocenters. The van der Waals surface area contributed by atoms with Gasteiger partial charge in [-0.05, 0) is 6.42 Å². The van der Waals surface area contributed by atoms with Crippen molar-refractivity contribution in [2.75, 3.05) is 67.2 Å². The van der Waals surface area contributed by atoms with Crippen LogP contribution in [0.2, 0.25) is 0 Å². The van der Waals surface area contributed by atoms with E-state index in [2.05, 4.69) is 21.8 Å². The third-order valence-corrected chi connectivity index (χ3v) is 3.64. The van der Waals surface area contributed by atoms with Gasteiger partial charge in [0.25, 0.3) is 0 Å². The molecule has 1 N–H and O–H groups in total. The number of hydrogen-bond donors (Lipinski definition) is 1. The Morgan fingerprint density at radius 3 is 2.83 bits per heavy atom. The van der Waals surface area contributed by atoms with E-state index in [0.29, 0.717) is 25.7 Å². The second kappa shape index (κ2) is 13.4. The van der Waals surface area contributed by atoms with Crippen molar-refractivity contribution >= 4 is 35.8 Å². The van der Waals surface area contributed by atoms with Crippen molar-refractivity contribution < 1.29 is 14.3 Å². The summed E-state index contributed by atoms with van der Waals surface area (Å²) in [5.74, 6) is 1.23. The Hall–Kier alpha value is -0.870. The number of halogens is 1. The molecule has 140 valence electrons. The number of aliphatic imine (C=N–C) groups is 1. The lowest BCUT2D eigenvalue weighted by molar-refractivity contribution is -0.127. The van der Waals surface area contributed by atoms with E-state index in [9.17, 15) is 4.79 Å². The largest absolute Gasteiger partial charge is 0.382 e. The first kappa shape index (κ1) is 23.1. The minimum Gasteiger partial charge on any atom is -0.382 e. The van der Waals surface area contributed by atoms with Crippen molar-refractivity contribution in [1.82, 2.24) is 15.1 Å². The van der Waals surface area contributed by atoms with Gasteiger partial charge in [-0.25, -0.2) is 4.99 Å². The van der Waals surface area contributed by atoms with Gasteiger partial charge in [0, 0.05) is 46.8 Å². The van der Waals surface area contributed by atoms with Gasteiger partial charge in [0.05, 0.1) is 19.8 Å². The van der Waals surface area contributed by atoms with Gasteiger partial charge in [-0.2, -0.15) is 0 Å². The van der Waals surface area contributed by atoms with E-state index in [0.717, 1.165) is 32.1 Å². The number of ether oxygens (including phenoxy) is 2. The standard InChI is InChI=1S/C16H30N4O3.HI/c1-5-7-17-16(18-11-15(21)19(2)3)20-8-6-14(12-20)13-23-10-9-22-4;/h5,14H,1,6-13H2,2-4H3,(H,17,18);1H. The molecule has 1 aliphatic rings. The zero-order valence-electron chi connectivity index (χ0n) is 15.0. The number of amides is 1. The minimum absolute atomic E-state index is 0. The van der Waals surface area contributed by atoms with Crippen LogP contribution in [0.1, 0.15) is 6.42 Å². The van der Waals surface area contributed by atoms with Gasteiger partial charge >= 0.3 is 0 Å². The molecule has 0 aromatic rings. The van der Waals surface area contributed by atoms with Crippen molar-refractivity contribution in [3.63, 3.8) is 0 Å². The molecule has 24 heavy (non-hydrogen) atoms. The summed E-state index contributed by atoms with van der Waals surface area (Å²) in [6, 6.07) is 0. The number of methoxy groups -OCH3 is 1. The molecule has 0 aromatic heterocycles. The van der Waals surface area contributed by atoms with Crippen molar-refractivity contribution in [3.8, 4) is 0 Å². The van der Waals surface area contributed by atoms with Gasteiger partial charge in [-0.1, -0.05) is 6.08 Å². The zero-order valence-corrected chi connectivity index (χ0v) is 17.3. The quantitative estimate of drug-likeness (QED) is 0.184. The number of likely N-dealkylation sites (tertiary alicyclic amines) is 1. The summed E-state index contributed by atoms with van der Waals surface area (Å²) in [6.07, 6.45) is 2.84. The summed E-state index contributed by atoms with van der Waals surface area (Å²) < 4.78 is 10.6. The van der Waals surface area contributed by atoms with Crippen LogP contribution in [0, 0.1) is 5.92 Å². The Morgan fingerprint density at radius 1 is 1.46 bits per heavy atom. The molecule has 1 saturated heterocycles. The molecule has 0 radical (unpaired) electrons. The highest BCUT2D eigenvalue weighted by atomic mass is 127. The highest BCUT2D eigenvalue weighted by molar-refractivity contribution is 14.0. The lowest BCUT2D eigenvalue weighted by Gasteiger charge is -2.22. The van der Waals surface area contributed by atoms with E-state index in [1.807, 2.05) is 0 Å². The van der Waals surface area contributed by atoms with Gasteiger partial charge in [0.15, 0.2) is 5.96 Å². The molecule has 1 fully saturated rings. The average Bonchev–Trinajstić information content (AvgIpc) is 3.00. The Balaban J connectivity index is 0.00000529. The van der Waals surface area contributed by atoms with Crippen molar-refractivity contribution in [2.24, 2.45) is 10.9 Å². The van der Waals surface area contributed by atoms with E-state index < -0.39 is 0 Å². The van der Waals surface area contributed by atoms with Crippen LogP contribution in [-0.2, 0) is 14.3 Å². The fraction of sp³-hybridized carbons (Fsp3) is 0.750. The van der Waals surface area contributed by atoms with Crippen LogP contribution in [-0.4, -0.2) is 88.9 Å². The Labute approximate surface area is 162 Å². The number of nitrogens with one attached hydrogen (secondary N) is 1. The molecule has 1 unspecified atom stereocenters. The predicted molar refractivity (Wildman–Crippen MR) is 107 cm³/mol. The summed E-state index contributed by atoms with van der Waals surface area (Å²) in [5.41, 5.74) is 0. The lowest BCUT2D eigenvalue weighted by atomic mass is 10.1. The molecule has 8 heteroatoms. The Bertz CT molecular complexity index is 405. The minimum atomic E-state index is -0.0125. The van der Waals surface area contributed by atoms with Crippen LogP contribution >= 0.6 is 24.0 Å². The highest BCUT2D eigenvalue weighted by Gasteiger charge is 2.25. The van der Waals surface area contributed by atoms with E-state index >= 15 is 0 Å². The second-order valence-corrected chi connectivity index (χ2v) is 5.77. The molecular weight excluding hydrogens is 423 g/mol. The van der Waals surface area contributed by atoms with Crippen LogP contribution in [0.25, 0.3) is 0 Å². The number of carbonyl (C=O) groups is 1. The molecule has 1 amide bonds. The lowest BCUT2D eigenvalue weighted by Crippen LogP contribution is -2.41. The summed E-state index contributed by atoms with van der Waals surface area (Å²) in [7, 11) is 5.14. The summed E-state index contributed by atoms with van der Waals surface area (Å²) in [6.45, 7) is 8.26. The molecule has 0 saturated carbocycles. The molecule has 1 aliphatic heterocycles. The number of guanidine groups is 1. The maximum Gasteiger partial charge on any atom is 0.243 e. The number of hydrogen-bond acceptors (Lipinski definition) is 4. The fourth-order valence-corrected chi connectivity index (χ4v) is 2.27. The topological polar surface area (TPSA) is 66.4 Å². The second-order valence-electron chi connectivity index (χ2n) is 5.77. The van der Waals surface area contributed by atoms with E-state index in [-0.39, 0.29) is 36.4 Å². The highest BCUT2D eigenvalue weighted by Crippen LogP contribution is 2.16. The maximum absolute atomic E-state index is 11.7. The number of carbonyl (C=O) groups excluding carboxylic acids is 1. The smallest absolute Gasteiger partial charge is 0.243 e. The molecule has 7 nitrogen and oxygen atoms in total. The van der Waals surface area contributed by atoms with Crippen LogP contribution in [0.15, 0.2) is 17.6 Å². The van der Waals surface area contributed by atoms with E-state index in [4.69, 9.17) is 9.47 Å².